The smallest absolute Gasteiger partial charge is 0.420 e. The quantitative estimate of drug-likeness (QED) is 0.412. The Hall–Kier alpha value is -4.53. The molecule has 0 heterocycles. The van der Waals surface area contributed by atoms with Gasteiger partial charge in [-0.1, -0.05) is 18.2 Å². The lowest BCUT2D eigenvalue weighted by atomic mass is 10.1. The van der Waals surface area contributed by atoms with Crippen molar-refractivity contribution in [2.75, 3.05) is 11.4 Å². The van der Waals surface area contributed by atoms with Gasteiger partial charge in [-0.05, 0) is 54.1 Å². The Morgan fingerprint density at radius 3 is 2.21 bits per heavy atom. The zero-order chi connectivity index (χ0) is 23.8. The molecule has 9 nitrogen and oxygen atoms in total. The van der Waals surface area contributed by atoms with Gasteiger partial charge in [-0.25, -0.2) is 4.79 Å². The number of benzene rings is 3. The average Bonchev–Trinajstić information content (AvgIpc) is 2.78. The van der Waals surface area contributed by atoms with Gasteiger partial charge in [0.1, 0.15) is 17.2 Å². The predicted octanol–water partition coefficient (Wildman–Crippen LogP) is 3.51. The molecule has 4 N–H and O–H groups in total. The molecule has 0 unspecified atom stereocenters. The number of carboxylic acid groups (broad SMARTS) is 1. The Morgan fingerprint density at radius 2 is 1.58 bits per heavy atom. The largest absolute Gasteiger partial charge is 0.508 e. The summed E-state index contributed by atoms with van der Waals surface area (Å²) in [4.78, 5) is 37.1. The highest BCUT2D eigenvalue weighted by molar-refractivity contribution is 5.95. The minimum absolute atomic E-state index is 0.000851. The third kappa shape index (κ3) is 6.73. The maximum absolute atomic E-state index is 13.0. The molecule has 2 amide bonds. The van der Waals surface area contributed by atoms with Crippen molar-refractivity contribution in [3.8, 4) is 17.2 Å². The van der Waals surface area contributed by atoms with Crippen LogP contribution in [0.4, 0.5) is 10.5 Å². The molecule has 0 aliphatic rings. The molecular weight excluding hydrogens is 428 g/mol. The van der Waals surface area contributed by atoms with E-state index in [2.05, 4.69) is 5.32 Å². The van der Waals surface area contributed by atoms with Crippen molar-refractivity contribution >= 4 is 23.7 Å². The summed E-state index contributed by atoms with van der Waals surface area (Å²) >= 11 is 0. The summed E-state index contributed by atoms with van der Waals surface area (Å²) in [5, 5.41) is 30.3. The van der Waals surface area contributed by atoms with Crippen molar-refractivity contribution in [3.05, 3.63) is 83.9 Å². The highest BCUT2D eigenvalue weighted by atomic mass is 16.6. The first-order valence-electron chi connectivity index (χ1n) is 9.98. The number of amides is 2. The van der Waals surface area contributed by atoms with Crippen LogP contribution >= 0.6 is 0 Å². The number of carboxylic acids is 1. The summed E-state index contributed by atoms with van der Waals surface area (Å²) in [6, 6.07) is 18.3. The zero-order valence-corrected chi connectivity index (χ0v) is 17.5. The molecule has 0 saturated carbocycles. The van der Waals surface area contributed by atoms with E-state index in [-0.39, 0.29) is 36.8 Å². The molecule has 0 saturated heterocycles. The van der Waals surface area contributed by atoms with Crippen LogP contribution in [0.1, 0.15) is 22.3 Å². The second kappa shape index (κ2) is 10.7. The van der Waals surface area contributed by atoms with E-state index in [0.717, 1.165) is 5.56 Å². The normalized spacial score (nSPS) is 10.3. The molecule has 0 aliphatic heterocycles. The van der Waals surface area contributed by atoms with Crippen molar-refractivity contribution in [3.63, 3.8) is 0 Å². The molecule has 0 fully saturated rings. The number of aromatic hydroxyl groups is 2. The number of ether oxygens (including phenoxy) is 1. The Balaban J connectivity index is 1.80. The number of aliphatic carboxylic acids is 1. The van der Waals surface area contributed by atoms with Crippen molar-refractivity contribution in [1.29, 1.82) is 0 Å². The van der Waals surface area contributed by atoms with Gasteiger partial charge in [-0.3, -0.25) is 14.5 Å². The number of nitrogens with one attached hydrogen (secondary N) is 1. The van der Waals surface area contributed by atoms with Crippen LogP contribution in [0.2, 0.25) is 0 Å². The summed E-state index contributed by atoms with van der Waals surface area (Å²) in [5.41, 5.74) is 1.46. The van der Waals surface area contributed by atoms with Crippen LogP contribution in [-0.4, -0.2) is 39.8 Å². The molecule has 0 aliphatic carbocycles. The minimum Gasteiger partial charge on any atom is -0.508 e. The number of hydrogen-bond donors (Lipinski definition) is 4. The fourth-order valence-corrected chi connectivity index (χ4v) is 2.93. The van der Waals surface area contributed by atoms with E-state index in [1.165, 1.54) is 47.4 Å². The monoisotopic (exact) mass is 450 g/mol. The van der Waals surface area contributed by atoms with E-state index in [9.17, 15) is 24.6 Å². The van der Waals surface area contributed by atoms with E-state index in [4.69, 9.17) is 9.84 Å². The summed E-state index contributed by atoms with van der Waals surface area (Å²) in [7, 11) is 0. The number of anilines is 1. The summed E-state index contributed by atoms with van der Waals surface area (Å²) in [6.07, 6.45) is -0.905. The van der Waals surface area contributed by atoms with Gasteiger partial charge in [0.2, 0.25) is 0 Å². The van der Waals surface area contributed by atoms with Crippen LogP contribution in [0.15, 0.2) is 72.8 Å². The second-order valence-electron chi connectivity index (χ2n) is 7.06. The van der Waals surface area contributed by atoms with Crippen LogP contribution in [0.5, 0.6) is 17.2 Å². The summed E-state index contributed by atoms with van der Waals surface area (Å²) in [6.45, 7) is 0.112. The number of phenols is 2. The Kier molecular flexibility index (Phi) is 7.48. The lowest BCUT2D eigenvalue weighted by Crippen LogP contribution is -2.33. The van der Waals surface area contributed by atoms with Crippen LogP contribution in [0, 0.1) is 0 Å². The standard InChI is InChI=1S/C24H22N2O7/c27-19-10-4-16(5-11-19)15-26(24(32)33-21-3-1-2-20(28)14-21)18-8-6-17(7-9-18)23(31)25-13-12-22(29)30/h1-11,14,27-28H,12-13,15H2,(H,25,31)(H,29,30). The number of nitrogens with zero attached hydrogens (tertiary/aromatic N) is 1. The summed E-state index contributed by atoms with van der Waals surface area (Å²) < 4.78 is 5.40. The Morgan fingerprint density at radius 1 is 0.879 bits per heavy atom. The van der Waals surface area contributed by atoms with Crippen LogP contribution < -0.4 is 15.0 Å². The topological polar surface area (TPSA) is 136 Å². The predicted molar refractivity (Wildman–Crippen MR) is 119 cm³/mol. The molecule has 0 bridgehead atoms. The lowest BCUT2D eigenvalue weighted by Gasteiger charge is -2.22. The van der Waals surface area contributed by atoms with Gasteiger partial charge in [0.15, 0.2) is 0 Å². The fourth-order valence-electron chi connectivity index (χ4n) is 2.93. The van der Waals surface area contributed by atoms with E-state index < -0.39 is 18.0 Å². The van der Waals surface area contributed by atoms with Gasteiger partial charge in [-0.2, -0.15) is 0 Å². The third-order valence-corrected chi connectivity index (χ3v) is 4.59. The van der Waals surface area contributed by atoms with E-state index in [1.54, 1.807) is 30.3 Å². The SMILES string of the molecule is O=C(O)CCNC(=O)c1ccc(N(Cc2ccc(O)cc2)C(=O)Oc2cccc(O)c2)cc1. The molecule has 3 aromatic carbocycles. The Bertz CT molecular complexity index is 1130. The Labute approximate surface area is 189 Å². The van der Waals surface area contributed by atoms with E-state index in [0.29, 0.717) is 11.3 Å². The lowest BCUT2D eigenvalue weighted by molar-refractivity contribution is -0.136. The average molecular weight is 450 g/mol. The summed E-state index contributed by atoms with van der Waals surface area (Å²) in [5.74, 6) is -1.25. The first-order valence-corrected chi connectivity index (χ1v) is 9.98. The number of carbonyl (C=O) groups is 3. The molecule has 33 heavy (non-hydrogen) atoms. The van der Waals surface area contributed by atoms with Crippen LogP contribution in [0.3, 0.4) is 0 Å². The molecule has 3 rings (SSSR count). The van der Waals surface area contributed by atoms with Gasteiger partial charge in [-0.15, -0.1) is 0 Å². The van der Waals surface area contributed by atoms with Gasteiger partial charge in [0.05, 0.1) is 13.0 Å². The highest BCUT2D eigenvalue weighted by Gasteiger charge is 2.20. The van der Waals surface area contributed by atoms with Crippen molar-refractivity contribution < 1.29 is 34.4 Å². The van der Waals surface area contributed by atoms with Gasteiger partial charge < -0.3 is 25.4 Å². The highest BCUT2D eigenvalue weighted by Crippen LogP contribution is 2.23. The maximum Gasteiger partial charge on any atom is 0.420 e. The first-order chi connectivity index (χ1) is 15.8. The number of phenolic OH excluding ortho intramolecular Hbond substituents is 2. The van der Waals surface area contributed by atoms with E-state index >= 15 is 0 Å². The van der Waals surface area contributed by atoms with E-state index in [1.807, 2.05) is 0 Å². The van der Waals surface area contributed by atoms with Crippen LogP contribution in [0.25, 0.3) is 0 Å². The molecule has 0 aromatic heterocycles. The molecule has 9 heteroatoms. The first kappa shape index (κ1) is 23.1. The third-order valence-electron chi connectivity index (χ3n) is 4.59. The zero-order valence-electron chi connectivity index (χ0n) is 17.5. The number of rotatable bonds is 8. The van der Waals surface area contributed by atoms with Gasteiger partial charge in [0.25, 0.3) is 5.91 Å². The van der Waals surface area contributed by atoms with Crippen molar-refractivity contribution in [1.82, 2.24) is 5.32 Å². The number of carbonyl (C=O) groups excluding carboxylic acids is 2. The maximum atomic E-state index is 13.0. The van der Waals surface area contributed by atoms with Crippen molar-refractivity contribution in [2.24, 2.45) is 0 Å². The van der Waals surface area contributed by atoms with Gasteiger partial charge >= 0.3 is 12.1 Å². The van der Waals surface area contributed by atoms with Gasteiger partial charge in [0, 0.05) is 23.9 Å². The molecule has 0 spiro atoms. The molecule has 0 atom stereocenters. The van der Waals surface area contributed by atoms with Crippen LogP contribution in [-0.2, 0) is 11.3 Å². The fraction of sp³-hybridized carbons (Fsp3) is 0.125. The number of hydrogen-bond acceptors (Lipinski definition) is 6. The molecule has 0 radical (unpaired) electrons. The second-order valence-corrected chi connectivity index (χ2v) is 7.06. The minimum atomic E-state index is -1.01. The molecule has 3 aromatic rings. The molecular formula is C24H22N2O7. The van der Waals surface area contributed by atoms with Crippen molar-refractivity contribution in [2.45, 2.75) is 13.0 Å². The molecule has 170 valence electrons.